The SMILES string of the molecule is C=Cc1cc(C2(c3cc(C)c(O)c(C=C)c3)c3ccccc3-c3ccccc32)cc(C)c1O. The maximum atomic E-state index is 10.7. The lowest BCUT2D eigenvalue weighted by Gasteiger charge is -2.35. The summed E-state index contributed by atoms with van der Waals surface area (Å²) in [6.45, 7) is 11.7. The summed E-state index contributed by atoms with van der Waals surface area (Å²) in [5.41, 5.74) is 9.17. The summed E-state index contributed by atoms with van der Waals surface area (Å²) in [7, 11) is 0. The van der Waals surface area contributed by atoms with Crippen LogP contribution in [0.15, 0.2) is 86.0 Å². The highest BCUT2D eigenvalue weighted by atomic mass is 16.3. The van der Waals surface area contributed by atoms with Crippen molar-refractivity contribution in [3.63, 3.8) is 0 Å². The lowest BCUT2D eigenvalue weighted by molar-refractivity contribution is 0.469. The molecule has 0 aromatic heterocycles. The van der Waals surface area contributed by atoms with Crippen LogP contribution in [-0.4, -0.2) is 10.2 Å². The van der Waals surface area contributed by atoms with E-state index in [0.717, 1.165) is 22.3 Å². The molecule has 162 valence electrons. The molecule has 1 aliphatic rings. The predicted octanol–water partition coefficient (Wildman–Crippen LogP) is 7.36. The summed E-state index contributed by atoms with van der Waals surface area (Å²) in [4.78, 5) is 0. The van der Waals surface area contributed by atoms with Gasteiger partial charge in [-0.3, -0.25) is 0 Å². The smallest absolute Gasteiger partial charge is 0.125 e. The van der Waals surface area contributed by atoms with E-state index >= 15 is 0 Å². The zero-order valence-electron chi connectivity index (χ0n) is 18.9. The van der Waals surface area contributed by atoms with E-state index in [1.54, 1.807) is 12.2 Å². The van der Waals surface area contributed by atoms with Crippen molar-refractivity contribution < 1.29 is 10.2 Å². The van der Waals surface area contributed by atoms with Crippen molar-refractivity contribution in [1.29, 1.82) is 0 Å². The van der Waals surface area contributed by atoms with E-state index in [1.807, 2.05) is 26.0 Å². The van der Waals surface area contributed by atoms with Crippen LogP contribution < -0.4 is 0 Å². The van der Waals surface area contributed by atoms with Crippen molar-refractivity contribution in [2.45, 2.75) is 19.3 Å². The molecule has 0 spiro atoms. The van der Waals surface area contributed by atoms with Crippen molar-refractivity contribution in [2.24, 2.45) is 0 Å². The van der Waals surface area contributed by atoms with E-state index in [1.165, 1.54) is 22.3 Å². The molecule has 0 saturated carbocycles. The Bertz CT molecular complexity index is 1330. The van der Waals surface area contributed by atoms with Gasteiger partial charge in [0.25, 0.3) is 0 Å². The molecule has 0 atom stereocenters. The molecule has 0 fully saturated rings. The van der Waals surface area contributed by atoms with Gasteiger partial charge in [-0.25, -0.2) is 0 Å². The van der Waals surface area contributed by atoms with E-state index in [9.17, 15) is 10.2 Å². The largest absolute Gasteiger partial charge is 0.507 e. The van der Waals surface area contributed by atoms with Crippen molar-refractivity contribution in [1.82, 2.24) is 0 Å². The third kappa shape index (κ3) is 2.81. The first-order valence-corrected chi connectivity index (χ1v) is 11.1. The number of fused-ring (bicyclic) bond motifs is 3. The Morgan fingerprint density at radius 2 is 1.03 bits per heavy atom. The molecule has 0 heterocycles. The van der Waals surface area contributed by atoms with Gasteiger partial charge in [-0.15, -0.1) is 0 Å². The number of benzene rings is 4. The zero-order valence-corrected chi connectivity index (χ0v) is 18.9. The van der Waals surface area contributed by atoms with Crippen LogP contribution in [0.2, 0.25) is 0 Å². The summed E-state index contributed by atoms with van der Waals surface area (Å²) < 4.78 is 0. The highest BCUT2D eigenvalue weighted by Crippen LogP contribution is 2.57. The molecule has 2 heteroatoms. The number of aromatic hydroxyl groups is 2. The summed E-state index contributed by atoms with van der Waals surface area (Å²) in [5, 5.41) is 21.3. The first-order valence-electron chi connectivity index (χ1n) is 11.1. The van der Waals surface area contributed by atoms with Crippen LogP contribution >= 0.6 is 0 Å². The van der Waals surface area contributed by atoms with Gasteiger partial charge in [0, 0.05) is 11.1 Å². The van der Waals surface area contributed by atoms with Gasteiger partial charge >= 0.3 is 0 Å². The molecule has 4 aromatic rings. The Hall–Kier alpha value is -4.04. The van der Waals surface area contributed by atoms with Crippen molar-refractivity contribution >= 4 is 12.2 Å². The van der Waals surface area contributed by atoms with E-state index in [-0.39, 0.29) is 11.5 Å². The maximum Gasteiger partial charge on any atom is 0.125 e. The normalized spacial score (nSPS) is 13.3. The van der Waals surface area contributed by atoms with Crippen LogP contribution in [0.3, 0.4) is 0 Å². The summed E-state index contributed by atoms with van der Waals surface area (Å²) in [6, 6.07) is 25.2. The molecule has 0 amide bonds. The molecular weight excluding hydrogens is 404 g/mol. The first-order chi connectivity index (χ1) is 15.9. The molecule has 33 heavy (non-hydrogen) atoms. The molecule has 0 radical (unpaired) electrons. The minimum absolute atomic E-state index is 0.247. The third-order valence-corrected chi connectivity index (χ3v) is 6.92. The zero-order chi connectivity index (χ0) is 23.3. The quantitative estimate of drug-likeness (QED) is 0.313. The Morgan fingerprint density at radius 3 is 1.42 bits per heavy atom. The Kier molecular flexibility index (Phi) is 4.75. The van der Waals surface area contributed by atoms with Gasteiger partial charge in [0.2, 0.25) is 0 Å². The molecule has 5 rings (SSSR count). The molecule has 2 N–H and O–H groups in total. The van der Waals surface area contributed by atoms with Crippen LogP contribution in [0, 0.1) is 13.8 Å². The van der Waals surface area contributed by atoms with Gasteiger partial charge in [0.15, 0.2) is 0 Å². The van der Waals surface area contributed by atoms with Gasteiger partial charge in [-0.05, 0) is 70.5 Å². The van der Waals surface area contributed by atoms with Gasteiger partial charge in [-0.2, -0.15) is 0 Å². The number of phenolic OH excluding ortho intramolecular Hbond substituents is 2. The lowest BCUT2D eigenvalue weighted by atomic mass is 9.66. The maximum absolute atomic E-state index is 10.7. The van der Waals surface area contributed by atoms with Crippen LogP contribution in [0.1, 0.15) is 44.5 Å². The molecule has 4 aromatic carbocycles. The summed E-state index contributed by atoms with van der Waals surface area (Å²) in [6.07, 6.45) is 3.40. The Morgan fingerprint density at radius 1 is 0.636 bits per heavy atom. The molecule has 0 bridgehead atoms. The average molecular weight is 431 g/mol. The standard InChI is InChI=1S/C31H26O2/c1-5-21-17-23(15-19(3)29(21)32)31(24-16-20(4)30(33)22(6-2)18-24)27-13-9-7-11-25(27)26-12-8-10-14-28(26)31/h5-18,32-33H,1-2H2,3-4H3. The number of hydrogen-bond acceptors (Lipinski definition) is 2. The molecule has 0 aliphatic heterocycles. The minimum Gasteiger partial charge on any atom is -0.507 e. The lowest BCUT2D eigenvalue weighted by Crippen LogP contribution is -2.29. The number of aryl methyl sites for hydroxylation is 2. The van der Waals surface area contributed by atoms with Gasteiger partial charge in [0.05, 0.1) is 5.41 Å². The molecular formula is C31H26O2. The monoisotopic (exact) mass is 430 g/mol. The van der Waals surface area contributed by atoms with E-state index < -0.39 is 5.41 Å². The number of hydrogen-bond donors (Lipinski definition) is 2. The van der Waals surface area contributed by atoms with E-state index in [0.29, 0.717) is 11.1 Å². The topological polar surface area (TPSA) is 40.5 Å². The Balaban J connectivity index is 2.01. The van der Waals surface area contributed by atoms with Crippen molar-refractivity contribution in [2.75, 3.05) is 0 Å². The van der Waals surface area contributed by atoms with Gasteiger partial charge in [0.1, 0.15) is 11.5 Å². The van der Waals surface area contributed by atoms with Crippen LogP contribution in [0.5, 0.6) is 11.5 Å². The second-order valence-electron chi connectivity index (χ2n) is 8.71. The highest BCUT2D eigenvalue weighted by Gasteiger charge is 2.46. The predicted molar refractivity (Wildman–Crippen MR) is 137 cm³/mol. The van der Waals surface area contributed by atoms with Crippen LogP contribution in [0.4, 0.5) is 0 Å². The fourth-order valence-electron chi connectivity index (χ4n) is 5.38. The minimum atomic E-state index is -0.625. The molecule has 2 nitrogen and oxygen atoms in total. The van der Waals surface area contributed by atoms with Crippen molar-refractivity contribution in [3.8, 4) is 22.6 Å². The Labute approximate surface area is 194 Å². The first kappa shape index (κ1) is 20.8. The number of phenols is 2. The average Bonchev–Trinajstić information content (AvgIpc) is 3.14. The third-order valence-electron chi connectivity index (χ3n) is 6.92. The van der Waals surface area contributed by atoms with Gasteiger partial charge in [-0.1, -0.05) is 86.0 Å². The second-order valence-corrected chi connectivity index (χ2v) is 8.71. The fraction of sp³-hybridized carbons (Fsp3) is 0.0968. The van der Waals surface area contributed by atoms with Crippen LogP contribution in [-0.2, 0) is 5.41 Å². The van der Waals surface area contributed by atoms with E-state index in [4.69, 9.17) is 0 Å². The second kappa shape index (κ2) is 7.53. The summed E-state index contributed by atoms with van der Waals surface area (Å²) >= 11 is 0. The molecule has 0 unspecified atom stereocenters. The number of rotatable bonds is 4. The fourth-order valence-corrected chi connectivity index (χ4v) is 5.38. The molecule has 0 saturated heterocycles. The highest BCUT2D eigenvalue weighted by molar-refractivity contribution is 5.87. The van der Waals surface area contributed by atoms with E-state index in [2.05, 4.69) is 73.8 Å². The van der Waals surface area contributed by atoms with Gasteiger partial charge < -0.3 is 10.2 Å². The molecule has 1 aliphatic carbocycles. The van der Waals surface area contributed by atoms with Crippen LogP contribution in [0.25, 0.3) is 23.3 Å². The van der Waals surface area contributed by atoms with Crippen molar-refractivity contribution in [3.05, 3.63) is 130 Å². The summed E-state index contributed by atoms with van der Waals surface area (Å²) in [5.74, 6) is 0.495.